The summed E-state index contributed by atoms with van der Waals surface area (Å²) < 4.78 is 42.1. The van der Waals surface area contributed by atoms with Crippen molar-refractivity contribution >= 4 is 21.4 Å². The van der Waals surface area contributed by atoms with Gasteiger partial charge >= 0.3 is 0 Å². The van der Waals surface area contributed by atoms with Crippen LogP contribution >= 0.6 is 0 Å². The summed E-state index contributed by atoms with van der Waals surface area (Å²) in [4.78, 5) is 14.3. The Labute approximate surface area is 169 Å². The molecule has 0 aromatic heterocycles. The minimum Gasteiger partial charge on any atom is -0.369 e. The number of piperazine rings is 1. The highest BCUT2D eigenvalue weighted by molar-refractivity contribution is 7.89. The standard InChI is InChI=1S/C19H23FN4O4S/c1-14(21-29(27,28)19-6-4-3-5-18(19)24(25)26)16-13-15(20)7-8-17(16)23-11-9-22(2)10-12-23/h3-8,13-14,21H,9-12H2,1-2H3. The number of benzene rings is 2. The highest BCUT2D eigenvalue weighted by Crippen LogP contribution is 2.30. The SMILES string of the molecule is CC(NS(=O)(=O)c1ccccc1[N+](=O)[O-])c1cc(F)ccc1N1CCN(C)CC1. The number of halogens is 1. The van der Waals surface area contributed by atoms with Crippen molar-refractivity contribution in [2.45, 2.75) is 17.9 Å². The van der Waals surface area contributed by atoms with E-state index in [0.29, 0.717) is 5.56 Å². The summed E-state index contributed by atoms with van der Waals surface area (Å²) in [6.07, 6.45) is 0. The van der Waals surface area contributed by atoms with Crippen LogP contribution in [-0.2, 0) is 10.0 Å². The quantitative estimate of drug-likeness (QED) is 0.568. The molecule has 0 bridgehead atoms. The van der Waals surface area contributed by atoms with Crippen molar-refractivity contribution in [2.75, 3.05) is 38.1 Å². The lowest BCUT2D eigenvalue weighted by molar-refractivity contribution is -0.387. The Morgan fingerprint density at radius 1 is 1.14 bits per heavy atom. The van der Waals surface area contributed by atoms with Crippen molar-refractivity contribution in [3.63, 3.8) is 0 Å². The molecule has 0 spiro atoms. The van der Waals surface area contributed by atoms with Crippen LogP contribution < -0.4 is 9.62 Å². The summed E-state index contributed by atoms with van der Waals surface area (Å²) in [7, 11) is -2.17. The normalized spacial score (nSPS) is 16.6. The first-order chi connectivity index (χ1) is 13.7. The Balaban J connectivity index is 1.92. The van der Waals surface area contributed by atoms with E-state index in [4.69, 9.17) is 0 Å². The van der Waals surface area contributed by atoms with Gasteiger partial charge in [-0.05, 0) is 43.8 Å². The molecule has 3 rings (SSSR count). The van der Waals surface area contributed by atoms with Crippen molar-refractivity contribution in [3.8, 4) is 0 Å². The average molecular weight is 422 g/mol. The monoisotopic (exact) mass is 422 g/mol. The third-order valence-corrected chi connectivity index (χ3v) is 6.57. The number of nitro benzene ring substituents is 1. The molecular weight excluding hydrogens is 399 g/mol. The van der Waals surface area contributed by atoms with Gasteiger partial charge in [0.05, 0.1) is 4.92 Å². The zero-order chi connectivity index (χ0) is 21.2. The minimum atomic E-state index is -4.19. The van der Waals surface area contributed by atoms with Gasteiger partial charge < -0.3 is 9.80 Å². The van der Waals surface area contributed by atoms with Gasteiger partial charge in [-0.3, -0.25) is 10.1 Å². The number of hydrogen-bond acceptors (Lipinski definition) is 6. The molecule has 29 heavy (non-hydrogen) atoms. The molecule has 0 saturated carbocycles. The van der Waals surface area contributed by atoms with Gasteiger partial charge in [0.1, 0.15) is 5.82 Å². The van der Waals surface area contributed by atoms with Crippen LogP contribution in [0.1, 0.15) is 18.5 Å². The lowest BCUT2D eigenvalue weighted by Gasteiger charge is -2.36. The highest BCUT2D eigenvalue weighted by Gasteiger charge is 2.28. The van der Waals surface area contributed by atoms with E-state index in [9.17, 15) is 22.9 Å². The number of nitrogens with zero attached hydrogens (tertiary/aromatic N) is 3. The molecular formula is C19H23FN4O4S. The van der Waals surface area contributed by atoms with E-state index < -0.39 is 37.4 Å². The Morgan fingerprint density at radius 2 is 1.79 bits per heavy atom. The van der Waals surface area contributed by atoms with Crippen molar-refractivity contribution in [3.05, 3.63) is 64.0 Å². The first-order valence-corrected chi connectivity index (χ1v) is 10.7. The fraction of sp³-hybridized carbons (Fsp3) is 0.368. The lowest BCUT2D eigenvalue weighted by atomic mass is 10.0. The number of para-hydroxylation sites is 1. The average Bonchev–Trinajstić information content (AvgIpc) is 2.68. The Kier molecular flexibility index (Phi) is 6.15. The highest BCUT2D eigenvalue weighted by atomic mass is 32.2. The molecule has 10 heteroatoms. The summed E-state index contributed by atoms with van der Waals surface area (Å²) in [6.45, 7) is 4.75. The first kappa shape index (κ1) is 21.2. The number of anilines is 1. The number of nitro groups is 1. The number of rotatable bonds is 6. The molecule has 2 aromatic rings. The minimum absolute atomic E-state index is 0.422. The molecule has 0 amide bonds. The zero-order valence-corrected chi connectivity index (χ0v) is 17.0. The summed E-state index contributed by atoms with van der Waals surface area (Å²) in [5, 5.41) is 11.2. The van der Waals surface area contributed by atoms with Gasteiger partial charge in [0.25, 0.3) is 5.69 Å². The van der Waals surface area contributed by atoms with Crippen LogP contribution in [0.2, 0.25) is 0 Å². The molecule has 8 nitrogen and oxygen atoms in total. The van der Waals surface area contributed by atoms with E-state index in [1.54, 1.807) is 13.0 Å². The van der Waals surface area contributed by atoms with Gasteiger partial charge in [-0.2, -0.15) is 0 Å². The topological polar surface area (TPSA) is 95.8 Å². The van der Waals surface area contributed by atoms with Gasteiger partial charge in [0.15, 0.2) is 4.90 Å². The van der Waals surface area contributed by atoms with Crippen LogP contribution in [0.4, 0.5) is 15.8 Å². The maximum absolute atomic E-state index is 14.0. The molecule has 156 valence electrons. The van der Waals surface area contributed by atoms with Crippen molar-refractivity contribution < 1.29 is 17.7 Å². The van der Waals surface area contributed by atoms with Gasteiger partial charge in [-0.1, -0.05) is 12.1 Å². The molecule has 1 N–H and O–H groups in total. The number of likely N-dealkylation sites (N-methyl/N-ethyl adjacent to an activating group) is 1. The number of hydrogen-bond donors (Lipinski definition) is 1. The smallest absolute Gasteiger partial charge is 0.289 e. The summed E-state index contributed by atoms with van der Waals surface area (Å²) in [5.74, 6) is -0.477. The molecule has 1 heterocycles. The molecule has 0 radical (unpaired) electrons. The Morgan fingerprint density at radius 3 is 2.45 bits per heavy atom. The fourth-order valence-electron chi connectivity index (χ4n) is 3.40. The van der Waals surface area contributed by atoms with E-state index in [2.05, 4.69) is 14.5 Å². The van der Waals surface area contributed by atoms with Gasteiger partial charge in [-0.15, -0.1) is 0 Å². The molecule has 1 atom stereocenters. The molecule has 1 aliphatic rings. The van der Waals surface area contributed by atoms with Crippen LogP contribution in [0.25, 0.3) is 0 Å². The summed E-state index contributed by atoms with van der Waals surface area (Å²) in [5.41, 5.74) is 0.722. The van der Waals surface area contributed by atoms with Crippen LogP contribution in [0.3, 0.4) is 0 Å². The van der Waals surface area contributed by atoms with E-state index in [1.807, 2.05) is 7.05 Å². The second-order valence-electron chi connectivity index (χ2n) is 7.06. The van der Waals surface area contributed by atoms with Crippen LogP contribution in [-0.4, -0.2) is 51.5 Å². The zero-order valence-electron chi connectivity index (χ0n) is 16.2. The largest absolute Gasteiger partial charge is 0.369 e. The van der Waals surface area contributed by atoms with E-state index in [0.717, 1.165) is 37.9 Å². The molecule has 1 unspecified atom stereocenters. The predicted octanol–water partition coefficient (Wildman–Crippen LogP) is 2.53. The van der Waals surface area contributed by atoms with Crippen molar-refractivity contribution in [2.24, 2.45) is 0 Å². The third kappa shape index (κ3) is 4.72. The second kappa shape index (κ2) is 8.44. The maximum atomic E-state index is 14.0. The summed E-state index contributed by atoms with van der Waals surface area (Å²) in [6, 6.07) is 8.65. The van der Waals surface area contributed by atoms with Crippen LogP contribution in [0.15, 0.2) is 47.4 Å². The number of sulfonamides is 1. The molecule has 0 aliphatic carbocycles. The van der Waals surface area contributed by atoms with E-state index in [1.165, 1.54) is 30.3 Å². The lowest BCUT2D eigenvalue weighted by Crippen LogP contribution is -2.45. The maximum Gasteiger partial charge on any atom is 0.289 e. The van der Waals surface area contributed by atoms with Gasteiger partial charge in [0.2, 0.25) is 10.0 Å². The predicted molar refractivity (Wildman–Crippen MR) is 108 cm³/mol. The molecule has 1 aliphatic heterocycles. The van der Waals surface area contributed by atoms with Gasteiger partial charge in [0, 0.05) is 44.0 Å². The molecule has 2 aromatic carbocycles. The summed E-state index contributed by atoms with van der Waals surface area (Å²) >= 11 is 0. The van der Waals surface area contributed by atoms with Gasteiger partial charge in [-0.25, -0.2) is 17.5 Å². The molecule has 1 saturated heterocycles. The van der Waals surface area contributed by atoms with Crippen LogP contribution in [0.5, 0.6) is 0 Å². The van der Waals surface area contributed by atoms with Crippen LogP contribution in [0, 0.1) is 15.9 Å². The van der Waals surface area contributed by atoms with E-state index in [-0.39, 0.29) is 0 Å². The second-order valence-corrected chi connectivity index (χ2v) is 8.74. The number of nitrogens with one attached hydrogen (secondary N) is 1. The first-order valence-electron chi connectivity index (χ1n) is 9.18. The Hall–Kier alpha value is -2.56. The Bertz CT molecular complexity index is 1010. The molecule has 1 fully saturated rings. The third-order valence-electron chi connectivity index (χ3n) is 4.98. The van der Waals surface area contributed by atoms with Crippen molar-refractivity contribution in [1.29, 1.82) is 0 Å². The van der Waals surface area contributed by atoms with Crippen molar-refractivity contribution in [1.82, 2.24) is 9.62 Å². The fourth-order valence-corrected chi connectivity index (χ4v) is 4.80. The van der Waals surface area contributed by atoms with E-state index >= 15 is 0 Å².